The normalized spacial score (nSPS) is 18.8. The number of rotatable bonds is 1. The highest BCUT2D eigenvalue weighted by molar-refractivity contribution is 5.96. The minimum Gasteiger partial charge on any atom is -0.508 e. The Kier molecular flexibility index (Phi) is 2.72. The van der Waals surface area contributed by atoms with Gasteiger partial charge in [0.2, 0.25) is 12.7 Å². The number of anilines is 1. The van der Waals surface area contributed by atoms with Crippen molar-refractivity contribution in [1.29, 1.82) is 0 Å². The number of carbonyl (C=O) groups is 1. The maximum absolute atomic E-state index is 13.2. The molecule has 0 radical (unpaired) electrons. The monoisotopic (exact) mass is 301 g/mol. The molecule has 4 rings (SSSR count). The van der Waals surface area contributed by atoms with Gasteiger partial charge in [-0.05, 0) is 17.7 Å². The van der Waals surface area contributed by atoms with Gasteiger partial charge in [-0.2, -0.15) is 0 Å². The molecule has 1 atom stereocenters. The molecule has 2 heterocycles. The summed E-state index contributed by atoms with van der Waals surface area (Å²) < 4.78 is 23.9. The van der Waals surface area contributed by atoms with E-state index in [1.165, 1.54) is 12.1 Å². The SMILES string of the molecule is O=C1C[C@@H](c2ccc(F)cc2O)c2cc3c(cc2N1)OCO3. The van der Waals surface area contributed by atoms with Crippen molar-refractivity contribution in [3.05, 3.63) is 47.3 Å². The highest BCUT2D eigenvalue weighted by atomic mass is 19.1. The summed E-state index contributed by atoms with van der Waals surface area (Å²) in [6.07, 6.45) is 0.172. The summed E-state index contributed by atoms with van der Waals surface area (Å²) in [5, 5.41) is 12.8. The summed E-state index contributed by atoms with van der Waals surface area (Å²) in [7, 11) is 0. The molecule has 0 saturated heterocycles. The Morgan fingerprint density at radius 1 is 1.14 bits per heavy atom. The van der Waals surface area contributed by atoms with E-state index >= 15 is 0 Å². The molecule has 0 aliphatic carbocycles. The van der Waals surface area contributed by atoms with Gasteiger partial charge in [-0.25, -0.2) is 4.39 Å². The molecule has 0 unspecified atom stereocenters. The molecule has 2 aliphatic rings. The van der Waals surface area contributed by atoms with E-state index in [4.69, 9.17) is 9.47 Å². The second kappa shape index (κ2) is 4.62. The Bertz CT molecular complexity index is 790. The fraction of sp³-hybridized carbons (Fsp3) is 0.188. The fourth-order valence-corrected chi connectivity index (χ4v) is 2.94. The molecular formula is C16H12FNO4. The van der Waals surface area contributed by atoms with Crippen LogP contribution in [0.2, 0.25) is 0 Å². The number of phenols is 1. The Labute approximate surface area is 125 Å². The van der Waals surface area contributed by atoms with Gasteiger partial charge < -0.3 is 19.9 Å². The third-order valence-corrected chi connectivity index (χ3v) is 3.95. The summed E-state index contributed by atoms with van der Waals surface area (Å²) in [4.78, 5) is 11.9. The van der Waals surface area contributed by atoms with Gasteiger partial charge in [0.25, 0.3) is 0 Å². The third-order valence-electron chi connectivity index (χ3n) is 3.95. The number of hydrogen-bond acceptors (Lipinski definition) is 4. The van der Waals surface area contributed by atoms with Crippen LogP contribution >= 0.6 is 0 Å². The van der Waals surface area contributed by atoms with Gasteiger partial charge in [-0.3, -0.25) is 4.79 Å². The van der Waals surface area contributed by atoms with Crippen LogP contribution in [0.4, 0.5) is 10.1 Å². The Morgan fingerprint density at radius 2 is 1.91 bits per heavy atom. The van der Waals surface area contributed by atoms with E-state index in [-0.39, 0.29) is 30.8 Å². The molecule has 0 saturated carbocycles. The van der Waals surface area contributed by atoms with Crippen molar-refractivity contribution in [3.63, 3.8) is 0 Å². The first-order valence-electron chi connectivity index (χ1n) is 6.83. The van der Waals surface area contributed by atoms with Crippen LogP contribution in [0.5, 0.6) is 17.2 Å². The molecule has 2 aliphatic heterocycles. The van der Waals surface area contributed by atoms with Crippen molar-refractivity contribution in [3.8, 4) is 17.2 Å². The molecule has 2 aromatic rings. The van der Waals surface area contributed by atoms with E-state index in [0.717, 1.165) is 11.6 Å². The highest BCUT2D eigenvalue weighted by Gasteiger charge is 2.31. The quantitative estimate of drug-likeness (QED) is 0.850. The summed E-state index contributed by atoms with van der Waals surface area (Å²) in [6.45, 7) is 0.138. The topological polar surface area (TPSA) is 67.8 Å². The van der Waals surface area contributed by atoms with Crippen LogP contribution in [0.15, 0.2) is 30.3 Å². The van der Waals surface area contributed by atoms with Crippen LogP contribution < -0.4 is 14.8 Å². The number of halogens is 1. The number of amides is 1. The highest BCUT2D eigenvalue weighted by Crippen LogP contribution is 2.46. The van der Waals surface area contributed by atoms with Crippen LogP contribution in [0.25, 0.3) is 0 Å². The average Bonchev–Trinajstić information content (AvgIpc) is 2.91. The molecule has 5 nitrogen and oxygen atoms in total. The van der Waals surface area contributed by atoms with E-state index in [1.807, 2.05) is 0 Å². The zero-order valence-electron chi connectivity index (χ0n) is 11.4. The van der Waals surface area contributed by atoms with Gasteiger partial charge >= 0.3 is 0 Å². The summed E-state index contributed by atoms with van der Waals surface area (Å²) in [6, 6.07) is 7.33. The number of aromatic hydroxyl groups is 1. The summed E-state index contributed by atoms with van der Waals surface area (Å²) >= 11 is 0. The lowest BCUT2D eigenvalue weighted by Crippen LogP contribution is -2.23. The molecule has 0 aromatic heterocycles. The van der Waals surface area contributed by atoms with E-state index in [0.29, 0.717) is 22.7 Å². The first kappa shape index (κ1) is 12.9. The number of carbonyl (C=O) groups excluding carboxylic acids is 1. The van der Waals surface area contributed by atoms with Crippen molar-refractivity contribution >= 4 is 11.6 Å². The molecule has 6 heteroatoms. The second-order valence-corrected chi connectivity index (χ2v) is 5.30. The van der Waals surface area contributed by atoms with Crippen LogP contribution in [0.3, 0.4) is 0 Å². The number of hydrogen-bond donors (Lipinski definition) is 2. The van der Waals surface area contributed by atoms with Gasteiger partial charge in [-0.1, -0.05) is 6.07 Å². The van der Waals surface area contributed by atoms with Crippen LogP contribution in [-0.4, -0.2) is 17.8 Å². The smallest absolute Gasteiger partial charge is 0.231 e. The molecule has 0 spiro atoms. The zero-order valence-corrected chi connectivity index (χ0v) is 11.4. The zero-order chi connectivity index (χ0) is 15.3. The maximum Gasteiger partial charge on any atom is 0.231 e. The predicted molar refractivity (Wildman–Crippen MR) is 75.7 cm³/mol. The fourth-order valence-electron chi connectivity index (χ4n) is 2.94. The molecule has 112 valence electrons. The standard InChI is InChI=1S/C16H12FNO4/c17-8-1-2-9(13(19)3-8)10-5-16(20)18-12-6-15-14(4-11(10)12)21-7-22-15/h1-4,6,10,19H,5,7H2,(H,18,20)/t10-/m0/s1. The second-order valence-electron chi connectivity index (χ2n) is 5.30. The van der Waals surface area contributed by atoms with Crippen LogP contribution in [0, 0.1) is 5.82 Å². The molecule has 1 amide bonds. The Hall–Kier alpha value is -2.76. The summed E-state index contributed by atoms with van der Waals surface area (Å²) in [5.74, 6) is -0.0424. The van der Waals surface area contributed by atoms with Gasteiger partial charge in [0.05, 0.1) is 0 Å². The Balaban J connectivity index is 1.86. The van der Waals surface area contributed by atoms with Gasteiger partial charge in [0, 0.05) is 35.7 Å². The van der Waals surface area contributed by atoms with Gasteiger partial charge in [-0.15, -0.1) is 0 Å². The first-order valence-corrected chi connectivity index (χ1v) is 6.83. The minimum atomic E-state index is -0.521. The molecule has 0 bridgehead atoms. The van der Waals surface area contributed by atoms with Crippen molar-refractivity contribution < 1.29 is 23.8 Å². The lowest BCUT2D eigenvalue weighted by Gasteiger charge is -2.26. The Morgan fingerprint density at radius 3 is 2.68 bits per heavy atom. The van der Waals surface area contributed by atoms with E-state index in [9.17, 15) is 14.3 Å². The minimum absolute atomic E-state index is 0.138. The number of ether oxygens (including phenoxy) is 2. The van der Waals surface area contributed by atoms with E-state index < -0.39 is 5.82 Å². The van der Waals surface area contributed by atoms with Gasteiger partial charge in [0.1, 0.15) is 11.6 Å². The largest absolute Gasteiger partial charge is 0.508 e. The lowest BCUT2D eigenvalue weighted by molar-refractivity contribution is -0.116. The third kappa shape index (κ3) is 1.95. The molecule has 2 aromatic carbocycles. The number of benzene rings is 2. The van der Waals surface area contributed by atoms with Gasteiger partial charge in [0.15, 0.2) is 11.5 Å². The molecular weight excluding hydrogens is 289 g/mol. The van der Waals surface area contributed by atoms with Crippen LogP contribution in [0.1, 0.15) is 23.5 Å². The van der Waals surface area contributed by atoms with Crippen molar-refractivity contribution in [2.45, 2.75) is 12.3 Å². The van der Waals surface area contributed by atoms with Crippen LogP contribution in [-0.2, 0) is 4.79 Å². The summed E-state index contributed by atoms with van der Waals surface area (Å²) in [5.41, 5.74) is 1.94. The van der Waals surface area contributed by atoms with Crippen molar-refractivity contribution in [1.82, 2.24) is 0 Å². The molecule has 2 N–H and O–H groups in total. The first-order chi connectivity index (χ1) is 10.6. The lowest BCUT2D eigenvalue weighted by atomic mass is 9.84. The predicted octanol–water partition coefficient (Wildman–Crippen LogP) is 2.73. The molecule has 22 heavy (non-hydrogen) atoms. The number of phenolic OH excluding ortho intramolecular Hbond substituents is 1. The molecule has 0 fully saturated rings. The number of fused-ring (bicyclic) bond motifs is 2. The maximum atomic E-state index is 13.2. The number of nitrogens with one attached hydrogen (secondary N) is 1. The van der Waals surface area contributed by atoms with Crippen molar-refractivity contribution in [2.75, 3.05) is 12.1 Å². The van der Waals surface area contributed by atoms with E-state index in [1.54, 1.807) is 12.1 Å². The average molecular weight is 301 g/mol. The van der Waals surface area contributed by atoms with E-state index in [2.05, 4.69) is 5.32 Å². The van der Waals surface area contributed by atoms with Crippen molar-refractivity contribution in [2.24, 2.45) is 0 Å².